The quantitative estimate of drug-likeness (QED) is 0.700. The van der Waals surface area contributed by atoms with Crippen molar-refractivity contribution in [1.82, 2.24) is 15.1 Å². The maximum Gasteiger partial charge on any atom is 0.234 e. The molecule has 1 aliphatic heterocycles. The van der Waals surface area contributed by atoms with Crippen molar-refractivity contribution < 1.29 is 9.53 Å². The van der Waals surface area contributed by atoms with Gasteiger partial charge in [0, 0.05) is 39.3 Å². The molecule has 17 heavy (non-hydrogen) atoms. The number of methoxy groups -OCH3 is 1. The predicted molar refractivity (Wildman–Crippen MR) is 68.0 cm³/mol. The Morgan fingerprint density at radius 3 is 2.41 bits per heavy atom. The van der Waals surface area contributed by atoms with Crippen LogP contribution in [0.4, 0.5) is 0 Å². The van der Waals surface area contributed by atoms with E-state index in [1.54, 1.807) is 7.11 Å². The lowest BCUT2D eigenvalue weighted by molar-refractivity contribution is -0.123. The van der Waals surface area contributed by atoms with Gasteiger partial charge in [0.15, 0.2) is 0 Å². The molecule has 0 aliphatic carbocycles. The van der Waals surface area contributed by atoms with Gasteiger partial charge in [0.2, 0.25) is 5.91 Å². The summed E-state index contributed by atoms with van der Waals surface area (Å²) in [5, 5.41) is 2.93. The first kappa shape index (κ1) is 14.4. The van der Waals surface area contributed by atoms with Crippen LogP contribution in [0.3, 0.4) is 0 Å². The number of likely N-dealkylation sites (N-methyl/N-ethyl adjacent to an activating group) is 1. The lowest BCUT2D eigenvalue weighted by atomic mass is 10.3. The van der Waals surface area contributed by atoms with Crippen LogP contribution in [0.25, 0.3) is 0 Å². The van der Waals surface area contributed by atoms with Crippen LogP contribution in [0.1, 0.15) is 13.8 Å². The van der Waals surface area contributed by atoms with Gasteiger partial charge in [0.25, 0.3) is 0 Å². The van der Waals surface area contributed by atoms with Crippen LogP contribution in [0, 0.1) is 0 Å². The second-order valence-corrected chi connectivity index (χ2v) is 4.63. The molecule has 1 amide bonds. The molecule has 0 radical (unpaired) electrons. The molecule has 0 aromatic heterocycles. The molecule has 1 atom stereocenters. The van der Waals surface area contributed by atoms with Gasteiger partial charge in [-0.3, -0.25) is 9.69 Å². The fourth-order valence-electron chi connectivity index (χ4n) is 2.08. The van der Waals surface area contributed by atoms with Crippen molar-refractivity contribution in [2.24, 2.45) is 0 Å². The highest BCUT2D eigenvalue weighted by Gasteiger charge is 2.18. The van der Waals surface area contributed by atoms with E-state index in [-0.39, 0.29) is 11.9 Å². The number of carbonyl (C=O) groups excluding carboxylic acids is 1. The summed E-state index contributed by atoms with van der Waals surface area (Å²) >= 11 is 0. The van der Waals surface area contributed by atoms with Crippen molar-refractivity contribution in [2.75, 3.05) is 53.0 Å². The molecule has 5 heteroatoms. The minimum absolute atomic E-state index is 0.0874. The van der Waals surface area contributed by atoms with Gasteiger partial charge in [-0.15, -0.1) is 0 Å². The van der Waals surface area contributed by atoms with E-state index in [1.165, 1.54) is 0 Å². The van der Waals surface area contributed by atoms with E-state index in [1.807, 2.05) is 6.92 Å². The Kier molecular flexibility index (Phi) is 6.47. The van der Waals surface area contributed by atoms with Crippen LogP contribution >= 0.6 is 0 Å². The summed E-state index contributed by atoms with van der Waals surface area (Å²) in [5.41, 5.74) is 0. The number of ether oxygens (including phenoxy) is 1. The largest absolute Gasteiger partial charge is 0.383 e. The Balaban J connectivity index is 2.19. The zero-order valence-electron chi connectivity index (χ0n) is 11.2. The van der Waals surface area contributed by atoms with Crippen LogP contribution in [0.5, 0.6) is 0 Å². The number of carbonyl (C=O) groups is 1. The number of hydrogen-bond donors (Lipinski definition) is 1. The molecule has 1 fully saturated rings. The minimum Gasteiger partial charge on any atom is -0.383 e. The highest BCUT2D eigenvalue weighted by Crippen LogP contribution is 2.00. The van der Waals surface area contributed by atoms with Crippen LogP contribution in [0.2, 0.25) is 0 Å². The second kappa shape index (κ2) is 7.63. The van der Waals surface area contributed by atoms with Crippen LogP contribution in [-0.2, 0) is 9.53 Å². The van der Waals surface area contributed by atoms with Crippen LogP contribution < -0.4 is 5.32 Å². The first-order valence-electron chi connectivity index (χ1n) is 6.38. The third-order valence-electron chi connectivity index (χ3n) is 3.10. The monoisotopic (exact) mass is 243 g/mol. The fraction of sp³-hybridized carbons (Fsp3) is 0.917. The van der Waals surface area contributed by atoms with Gasteiger partial charge in [-0.2, -0.15) is 0 Å². The lowest BCUT2D eigenvalue weighted by Crippen LogP contribution is -2.50. The Morgan fingerprint density at radius 1 is 1.29 bits per heavy atom. The third kappa shape index (κ3) is 5.48. The van der Waals surface area contributed by atoms with Crippen LogP contribution in [-0.4, -0.2) is 74.7 Å². The first-order valence-corrected chi connectivity index (χ1v) is 6.38. The molecule has 0 aromatic rings. The summed E-state index contributed by atoms with van der Waals surface area (Å²) in [6.45, 7) is 10.4. The lowest BCUT2D eigenvalue weighted by Gasteiger charge is -2.33. The average molecular weight is 243 g/mol. The molecule has 1 saturated heterocycles. The highest BCUT2D eigenvalue weighted by atomic mass is 16.5. The molecule has 1 N–H and O–H groups in total. The van der Waals surface area contributed by atoms with Crippen molar-refractivity contribution in [3.8, 4) is 0 Å². The Labute approximate surface area is 104 Å². The number of nitrogens with one attached hydrogen (secondary N) is 1. The maximum atomic E-state index is 11.7. The van der Waals surface area contributed by atoms with Gasteiger partial charge in [-0.1, -0.05) is 6.92 Å². The van der Waals surface area contributed by atoms with E-state index < -0.39 is 0 Å². The molecule has 0 saturated carbocycles. The molecular weight excluding hydrogens is 218 g/mol. The molecule has 0 bridgehead atoms. The molecule has 0 spiro atoms. The maximum absolute atomic E-state index is 11.7. The van der Waals surface area contributed by atoms with Crippen LogP contribution in [0.15, 0.2) is 0 Å². The normalized spacial score (nSPS) is 20.2. The molecule has 100 valence electrons. The van der Waals surface area contributed by atoms with Gasteiger partial charge < -0.3 is 15.0 Å². The third-order valence-corrected chi connectivity index (χ3v) is 3.10. The molecule has 5 nitrogen and oxygen atoms in total. The molecular formula is C12H25N3O2. The Morgan fingerprint density at radius 2 is 1.88 bits per heavy atom. The topological polar surface area (TPSA) is 44.8 Å². The van der Waals surface area contributed by atoms with Crippen molar-refractivity contribution in [3.05, 3.63) is 0 Å². The molecule has 0 aromatic carbocycles. The first-order chi connectivity index (χ1) is 8.15. The minimum atomic E-state index is 0.0874. The number of rotatable bonds is 6. The fourth-order valence-corrected chi connectivity index (χ4v) is 2.08. The summed E-state index contributed by atoms with van der Waals surface area (Å²) in [4.78, 5) is 16.3. The van der Waals surface area contributed by atoms with Crippen molar-refractivity contribution in [2.45, 2.75) is 19.9 Å². The van der Waals surface area contributed by atoms with E-state index in [9.17, 15) is 4.79 Å². The number of nitrogens with zero attached hydrogens (tertiary/aromatic N) is 2. The number of piperazine rings is 1. The van der Waals surface area contributed by atoms with Gasteiger partial charge in [0.1, 0.15) is 0 Å². The summed E-state index contributed by atoms with van der Waals surface area (Å²) in [7, 11) is 1.65. The zero-order chi connectivity index (χ0) is 12.7. The van der Waals surface area contributed by atoms with Crippen molar-refractivity contribution in [3.63, 3.8) is 0 Å². The molecule has 1 aliphatic rings. The van der Waals surface area contributed by atoms with Gasteiger partial charge >= 0.3 is 0 Å². The summed E-state index contributed by atoms with van der Waals surface area (Å²) in [5.74, 6) is 0.0968. The van der Waals surface area contributed by atoms with Gasteiger partial charge in [0.05, 0.1) is 13.2 Å². The average Bonchev–Trinajstić information content (AvgIpc) is 2.30. The number of hydrogen-bond acceptors (Lipinski definition) is 4. The summed E-state index contributed by atoms with van der Waals surface area (Å²) in [6.07, 6.45) is 0. The van der Waals surface area contributed by atoms with E-state index in [0.29, 0.717) is 13.2 Å². The highest BCUT2D eigenvalue weighted by molar-refractivity contribution is 5.78. The van der Waals surface area contributed by atoms with E-state index in [2.05, 4.69) is 22.0 Å². The zero-order valence-corrected chi connectivity index (χ0v) is 11.2. The van der Waals surface area contributed by atoms with Crippen molar-refractivity contribution >= 4 is 5.91 Å². The van der Waals surface area contributed by atoms with E-state index in [4.69, 9.17) is 4.74 Å². The predicted octanol–water partition coefficient (Wildman–Crippen LogP) is -0.225. The van der Waals surface area contributed by atoms with Crippen molar-refractivity contribution in [1.29, 1.82) is 0 Å². The SMILES string of the molecule is CCN1CCN(CC(=O)N[C@H](C)COC)CC1. The molecule has 1 rings (SSSR count). The molecule has 0 unspecified atom stereocenters. The second-order valence-electron chi connectivity index (χ2n) is 4.63. The van der Waals surface area contributed by atoms with Gasteiger partial charge in [-0.25, -0.2) is 0 Å². The van der Waals surface area contributed by atoms with E-state index in [0.717, 1.165) is 32.7 Å². The van der Waals surface area contributed by atoms with Gasteiger partial charge in [-0.05, 0) is 13.5 Å². The van der Waals surface area contributed by atoms with E-state index >= 15 is 0 Å². The smallest absolute Gasteiger partial charge is 0.234 e. The standard InChI is InChI=1S/C12H25N3O2/c1-4-14-5-7-15(8-6-14)9-12(16)13-11(2)10-17-3/h11H,4-10H2,1-3H3,(H,13,16)/t11-/m1/s1. The summed E-state index contributed by atoms with van der Waals surface area (Å²) in [6, 6.07) is 0.0874. The Hall–Kier alpha value is -0.650. The molecule has 1 heterocycles. The Bertz CT molecular complexity index is 228. The number of amides is 1. The summed E-state index contributed by atoms with van der Waals surface area (Å²) < 4.78 is 4.99.